The van der Waals surface area contributed by atoms with Gasteiger partial charge in [-0.15, -0.1) is 0 Å². The van der Waals surface area contributed by atoms with Crippen LogP contribution in [0.2, 0.25) is 5.02 Å². The van der Waals surface area contributed by atoms with E-state index in [1.165, 1.54) is 11.0 Å². The molecule has 170 valence electrons. The smallest absolute Gasteiger partial charge is 0.417 e. The van der Waals surface area contributed by atoms with Crippen LogP contribution in [0.5, 0.6) is 5.75 Å². The molecule has 0 aliphatic carbocycles. The highest BCUT2D eigenvalue weighted by Crippen LogP contribution is 2.43. The van der Waals surface area contributed by atoms with Crippen LogP contribution >= 0.6 is 23.4 Å². The molecule has 6 nitrogen and oxygen atoms in total. The molecule has 2 aromatic rings. The van der Waals surface area contributed by atoms with Crippen LogP contribution in [0.15, 0.2) is 53.5 Å². The molecule has 2 aromatic carbocycles. The Morgan fingerprint density at radius 3 is 2.59 bits per heavy atom. The van der Waals surface area contributed by atoms with Crippen LogP contribution in [-0.2, 0) is 20.8 Å². The minimum Gasteiger partial charge on any atom is -0.484 e. The molecule has 2 atom stereocenters. The third-order valence-electron chi connectivity index (χ3n) is 4.93. The summed E-state index contributed by atoms with van der Waals surface area (Å²) < 4.78 is 69.7. The molecular weight excluding hydrogens is 489 g/mol. The molecule has 2 aliphatic rings. The Kier molecular flexibility index (Phi) is 6.17. The fourth-order valence-electron chi connectivity index (χ4n) is 3.55. The molecule has 0 N–H and O–H groups in total. The Morgan fingerprint density at radius 1 is 1.19 bits per heavy atom. The molecule has 0 radical (unpaired) electrons. The zero-order valence-electron chi connectivity index (χ0n) is 16.3. The van der Waals surface area contributed by atoms with Crippen molar-refractivity contribution in [3.63, 3.8) is 0 Å². The molecule has 0 saturated carbocycles. The normalized spacial score (nSPS) is 23.4. The third kappa shape index (κ3) is 4.89. The summed E-state index contributed by atoms with van der Waals surface area (Å²) in [4.78, 5) is 17.8. The predicted molar refractivity (Wildman–Crippen MR) is 117 cm³/mol. The maximum absolute atomic E-state index is 13.4. The van der Waals surface area contributed by atoms with Gasteiger partial charge in [0.05, 0.1) is 28.1 Å². The molecule has 0 aromatic heterocycles. The Balaban J connectivity index is 1.65. The number of rotatable bonds is 4. The van der Waals surface area contributed by atoms with Crippen LogP contribution in [-0.4, -0.2) is 48.9 Å². The Bertz CT molecular complexity index is 1170. The number of anilines is 1. The number of sulfone groups is 1. The van der Waals surface area contributed by atoms with Gasteiger partial charge in [0.25, 0.3) is 5.91 Å². The Hall–Kier alpha value is -2.24. The number of amides is 1. The summed E-state index contributed by atoms with van der Waals surface area (Å²) in [5.41, 5.74) is -0.988. The number of aliphatic imine (C=N–C) groups is 1. The van der Waals surface area contributed by atoms with Gasteiger partial charge < -0.3 is 9.64 Å². The van der Waals surface area contributed by atoms with E-state index < -0.39 is 43.8 Å². The highest BCUT2D eigenvalue weighted by molar-refractivity contribution is 8.16. The van der Waals surface area contributed by atoms with Crippen LogP contribution in [0.4, 0.5) is 18.9 Å². The number of alkyl halides is 3. The number of para-hydroxylation sites is 1. The highest BCUT2D eigenvalue weighted by Gasteiger charge is 2.49. The first kappa shape index (κ1) is 22.9. The summed E-state index contributed by atoms with van der Waals surface area (Å²) in [6.07, 6.45) is -4.70. The minimum atomic E-state index is -4.70. The molecule has 32 heavy (non-hydrogen) atoms. The van der Waals surface area contributed by atoms with Gasteiger partial charge in [-0.3, -0.25) is 4.79 Å². The first-order chi connectivity index (χ1) is 15.0. The number of carbonyl (C=O) groups is 1. The van der Waals surface area contributed by atoms with Crippen molar-refractivity contribution in [2.24, 2.45) is 4.99 Å². The van der Waals surface area contributed by atoms with Gasteiger partial charge in [0.2, 0.25) is 0 Å². The molecule has 2 fully saturated rings. The van der Waals surface area contributed by atoms with Gasteiger partial charge in [-0.05, 0) is 30.3 Å². The van der Waals surface area contributed by atoms with Crippen LogP contribution in [0.3, 0.4) is 0 Å². The summed E-state index contributed by atoms with van der Waals surface area (Å²) in [6.45, 7) is -0.371. The standard InChI is InChI=1S/C20H16ClF3N2O4S2/c21-15-7-6-12(8-14(15)20(22,23)24)26-16-10-32(28,29)11-17(16)31-19(26)25-18(27)9-30-13-4-2-1-3-5-13/h1-8,16-17H,9-11H2/t16-,17+/m0/s1. The highest BCUT2D eigenvalue weighted by atomic mass is 35.5. The lowest BCUT2D eigenvalue weighted by atomic mass is 10.1. The zero-order valence-corrected chi connectivity index (χ0v) is 18.6. The van der Waals surface area contributed by atoms with Crippen molar-refractivity contribution < 1.29 is 31.1 Å². The van der Waals surface area contributed by atoms with E-state index in [9.17, 15) is 26.4 Å². The fourth-order valence-corrected chi connectivity index (χ4v) is 7.70. The second-order valence-electron chi connectivity index (χ2n) is 7.22. The second kappa shape index (κ2) is 8.60. The van der Waals surface area contributed by atoms with Crippen LogP contribution in [0.1, 0.15) is 5.56 Å². The van der Waals surface area contributed by atoms with Crippen molar-refractivity contribution in [3.8, 4) is 5.75 Å². The average molecular weight is 505 g/mol. The summed E-state index contributed by atoms with van der Waals surface area (Å²) in [7, 11) is -3.37. The molecule has 0 bridgehead atoms. The van der Waals surface area contributed by atoms with Crippen LogP contribution in [0, 0.1) is 0 Å². The minimum absolute atomic E-state index is 0.0642. The summed E-state index contributed by atoms with van der Waals surface area (Å²) in [5, 5.41) is -0.798. The quantitative estimate of drug-likeness (QED) is 0.625. The van der Waals surface area contributed by atoms with Crippen LogP contribution in [0.25, 0.3) is 0 Å². The largest absolute Gasteiger partial charge is 0.484 e. The van der Waals surface area contributed by atoms with Crippen LogP contribution < -0.4 is 9.64 Å². The van der Waals surface area contributed by atoms with E-state index in [2.05, 4.69) is 4.99 Å². The number of hydrogen-bond donors (Lipinski definition) is 0. The van der Waals surface area contributed by atoms with Gasteiger partial charge in [0, 0.05) is 10.9 Å². The van der Waals surface area contributed by atoms with Crippen molar-refractivity contribution in [3.05, 3.63) is 59.1 Å². The maximum Gasteiger partial charge on any atom is 0.417 e. The van der Waals surface area contributed by atoms with E-state index in [0.29, 0.717) is 5.75 Å². The summed E-state index contributed by atoms with van der Waals surface area (Å²) >= 11 is 6.78. The lowest BCUT2D eigenvalue weighted by Crippen LogP contribution is -2.38. The monoisotopic (exact) mass is 504 g/mol. The number of benzene rings is 2. The number of hydrogen-bond acceptors (Lipinski definition) is 5. The molecule has 0 spiro atoms. The van der Waals surface area contributed by atoms with Crippen molar-refractivity contribution in [1.82, 2.24) is 0 Å². The first-order valence-electron chi connectivity index (χ1n) is 9.36. The molecule has 2 saturated heterocycles. The molecule has 12 heteroatoms. The second-order valence-corrected chi connectivity index (χ2v) is 11.0. The Morgan fingerprint density at radius 2 is 1.91 bits per heavy atom. The predicted octanol–water partition coefficient (Wildman–Crippen LogP) is 4.04. The van der Waals surface area contributed by atoms with Crippen molar-refractivity contribution in [2.75, 3.05) is 23.0 Å². The lowest BCUT2D eigenvalue weighted by molar-refractivity contribution is -0.137. The Labute approximate surface area is 191 Å². The van der Waals surface area contributed by atoms with Gasteiger partial charge in [-0.1, -0.05) is 41.6 Å². The lowest BCUT2D eigenvalue weighted by Gasteiger charge is -2.25. The zero-order chi connectivity index (χ0) is 23.1. The van der Waals surface area contributed by atoms with Gasteiger partial charge in [-0.2, -0.15) is 18.2 Å². The molecule has 0 unspecified atom stereocenters. The first-order valence-corrected chi connectivity index (χ1v) is 12.4. The number of amidine groups is 1. The number of nitrogens with zero attached hydrogens (tertiary/aromatic N) is 2. The van der Waals surface area contributed by atoms with Gasteiger partial charge in [0.1, 0.15) is 5.75 Å². The van der Waals surface area contributed by atoms with E-state index in [1.807, 2.05) is 0 Å². The molecular formula is C20H16ClF3N2O4S2. The SMILES string of the molecule is O=C(COc1ccccc1)N=C1S[C@@H]2CS(=O)(=O)C[C@@H]2N1c1ccc(Cl)c(C(F)(F)F)c1. The van der Waals surface area contributed by atoms with E-state index in [-0.39, 0.29) is 29.0 Å². The molecule has 4 rings (SSSR count). The number of ether oxygens (including phenoxy) is 1. The average Bonchev–Trinajstić information content (AvgIpc) is 3.17. The fraction of sp³-hybridized carbons (Fsp3) is 0.300. The van der Waals surface area contributed by atoms with E-state index in [4.69, 9.17) is 16.3 Å². The van der Waals surface area contributed by atoms with E-state index >= 15 is 0 Å². The molecule has 1 amide bonds. The summed E-state index contributed by atoms with van der Waals surface area (Å²) in [5.74, 6) is -0.573. The number of carbonyl (C=O) groups excluding carboxylic acids is 1. The van der Waals surface area contributed by atoms with Crippen molar-refractivity contribution in [1.29, 1.82) is 0 Å². The third-order valence-corrected chi connectivity index (χ3v) is 8.47. The number of halogens is 4. The van der Waals surface area contributed by atoms with Gasteiger partial charge >= 0.3 is 6.18 Å². The number of thioether (sulfide) groups is 1. The maximum atomic E-state index is 13.4. The number of fused-ring (bicyclic) bond motifs is 1. The van der Waals surface area contributed by atoms with Gasteiger partial charge in [-0.25, -0.2) is 8.42 Å². The van der Waals surface area contributed by atoms with Gasteiger partial charge in [0.15, 0.2) is 21.6 Å². The summed E-state index contributed by atoms with van der Waals surface area (Å²) in [6, 6.07) is 11.2. The van der Waals surface area contributed by atoms with Crippen molar-refractivity contribution >= 4 is 50.0 Å². The van der Waals surface area contributed by atoms with E-state index in [0.717, 1.165) is 23.9 Å². The van der Waals surface area contributed by atoms with E-state index in [1.54, 1.807) is 30.3 Å². The molecule has 2 aliphatic heterocycles. The van der Waals surface area contributed by atoms with Crippen molar-refractivity contribution in [2.45, 2.75) is 17.5 Å². The molecule has 2 heterocycles. The topological polar surface area (TPSA) is 76.0 Å².